The van der Waals surface area contributed by atoms with Crippen LogP contribution < -0.4 is 34.0 Å². The monoisotopic (exact) mass is 707 g/mol. The van der Waals surface area contributed by atoms with Gasteiger partial charge in [0.2, 0.25) is 0 Å². The summed E-state index contributed by atoms with van der Waals surface area (Å²) in [7, 11) is 0. The van der Waals surface area contributed by atoms with Crippen LogP contribution in [-0.4, -0.2) is 51.6 Å². The third-order valence-electron chi connectivity index (χ3n) is 5.92. The minimum atomic E-state index is 0. The number of aromatic nitrogens is 1. The van der Waals surface area contributed by atoms with Gasteiger partial charge in [0.05, 0.1) is 19.7 Å². The van der Waals surface area contributed by atoms with Crippen LogP contribution in [0.15, 0.2) is 79.1 Å². The van der Waals surface area contributed by atoms with Gasteiger partial charge in [-0.3, -0.25) is 4.98 Å². The van der Waals surface area contributed by atoms with E-state index in [-0.39, 0.29) is 61.0 Å². The van der Waals surface area contributed by atoms with E-state index in [4.69, 9.17) is 0 Å². The van der Waals surface area contributed by atoms with Crippen molar-refractivity contribution < 1.29 is 64.1 Å². The molecule has 7 heteroatoms. The normalized spacial score (nSPS) is 14.1. The summed E-state index contributed by atoms with van der Waals surface area (Å²) in [5.74, 6) is 0.917. The Morgan fingerprint density at radius 2 is 1.44 bits per heavy atom. The maximum Gasteiger partial charge on any atom is 2.00 e. The first-order chi connectivity index (χ1) is 16.0. The summed E-state index contributed by atoms with van der Waals surface area (Å²) in [6.45, 7) is 10.7. The van der Waals surface area contributed by atoms with Crippen molar-refractivity contribution in [1.82, 2.24) is 9.88 Å². The van der Waals surface area contributed by atoms with E-state index in [1.165, 1.54) is 22.4 Å². The number of para-hydroxylation sites is 1. The van der Waals surface area contributed by atoms with Crippen LogP contribution in [0.25, 0.3) is 0 Å². The molecule has 0 saturated heterocycles. The predicted molar refractivity (Wildman–Crippen MR) is 136 cm³/mol. The number of aliphatic hydroxyl groups is 1. The van der Waals surface area contributed by atoms with Crippen LogP contribution in [0.1, 0.15) is 56.2 Å². The van der Waals surface area contributed by atoms with Gasteiger partial charge in [0, 0.05) is 18.8 Å². The van der Waals surface area contributed by atoms with E-state index in [0.29, 0.717) is 24.4 Å². The van der Waals surface area contributed by atoms with Crippen LogP contribution in [-0.2, 0) is 26.8 Å². The fourth-order valence-corrected chi connectivity index (χ4v) is 4.27. The summed E-state index contributed by atoms with van der Waals surface area (Å²) in [4.78, 5) is 5.97. The standard InChI is InChI=1S/C24H32N2O.C5H5N.2BrH.Pd/c1-18(2)22-11-8-12-23(19(3)4)24(22)26-16-21(25(17-26)13-14-27)15-20-9-6-5-7-10-20;1-2-4-6-5-3-1;;;/h5-12,18-19,21,27H,13-16H2,1-4H3;1-5H;2*1H;/q;;;;+2/p-2/t21-;;;;/m1..../s1. The zero-order chi connectivity index (χ0) is 23.6. The third-order valence-corrected chi connectivity index (χ3v) is 5.92. The smallest absolute Gasteiger partial charge is 1.00 e. The second kappa shape index (κ2) is 18.0. The molecule has 0 aliphatic carbocycles. The number of aliphatic hydroxyl groups excluding tert-OH is 1. The SMILES string of the molecule is CC(C)c1cccc(C(C)C)c1[N+]1=[C-]N(CCO)[C@H](Cc2ccccc2)C1.[Br-].[Br-].[Pd+2].c1ccncc1. The first-order valence-corrected chi connectivity index (χ1v) is 11.9. The molecule has 0 radical (unpaired) electrons. The minimum absolute atomic E-state index is 0. The van der Waals surface area contributed by atoms with E-state index >= 15 is 0 Å². The van der Waals surface area contributed by atoms with Crippen molar-refractivity contribution >= 4 is 12.0 Å². The van der Waals surface area contributed by atoms with E-state index < -0.39 is 0 Å². The van der Waals surface area contributed by atoms with Crippen LogP contribution in [0.2, 0.25) is 0 Å². The molecule has 0 saturated carbocycles. The number of rotatable bonds is 7. The molecular formula is C29H37Br2N3OPd. The summed E-state index contributed by atoms with van der Waals surface area (Å²) in [5, 5.41) is 9.55. The van der Waals surface area contributed by atoms with Crippen molar-refractivity contribution in [2.75, 3.05) is 19.7 Å². The van der Waals surface area contributed by atoms with Gasteiger partial charge >= 0.3 is 20.4 Å². The summed E-state index contributed by atoms with van der Waals surface area (Å²) in [6, 6.07) is 23.3. The molecule has 2 heterocycles. The molecule has 1 aliphatic heterocycles. The van der Waals surface area contributed by atoms with Gasteiger partial charge in [-0.15, -0.1) is 0 Å². The molecule has 0 spiro atoms. The van der Waals surface area contributed by atoms with E-state index in [9.17, 15) is 5.11 Å². The molecule has 1 aliphatic rings. The minimum Gasteiger partial charge on any atom is -1.00 e. The average Bonchev–Trinajstić information content (AvgIpc) is 3.22. The average molecular weight is 710 g/mol. The zero-order valence-corrected chi connectivity index (χ0v) is 26.2. The molecule has 0 bridgehead atoms. The van der Waals surface area contributed by atoms with E-state index in [0.717, 1.165) is 13.0 Å². The Hall–Kier alpha value is -1.36. The van der Waals surface area contributed by atoms with Crippen LogP contribution in [0, 0.1) is 0 Å². The third kappa shape index (κ3) is 9.84. The van der Waals surface area contributed by atoms with Crippen molar-refractivity contribution in [3.63, 3.8) is 0 Å². The van der Waals surface area contributed by atoms with E-state index in [1.807, 2.05) is 18.2 Å². The number of β-amino-alcohol motifs (C(OH)–C–C–N with tert-alkyl or cyclic N) is 1. The number of nitrogens with zero attached hydrogens (tertiary/aromatic N) is 3. The molecule has 1 aromatic heterocycles. The van der Waals surface area contributed by atoms with Crippen molar-refractivity contribution in [2.24, 2.45) is 0 Å². The Labute approximate surface area is 252 Å². The van der Waals surface area contributed by atoms with Crippen LogP contribution >= 0.6 is 0 Å². The molecule has 198 valence electrons. The molecular weight excluding hydrogens is 673 g/mol. The second-order valence-corrected chi connectivity index (χ2v) is 9.09. The van der Waals surface area contributed by atoms with Crippen LogP contribution in [0.5, 0.6) is 0 Å². The summed E-state index contributed by atoms with van der Waals surface area (Å²) >= 11 is 0. The van der Waals surface area contributed by atoms with Gasteiger partial charge < -0.3 is 48.5 Å². The first kappa shape index (κ1) is 34.6. The molecule has 0 fully saturated rings. The maximum absolute atomic E-state index is 9.55. The Kier molecular flexibility index (Phi) is 17.3. The number of benzene rings is 2. The van der Waals surface area contributed by atoms with Gasteiger partial charge in [0.15, 0.2) is 0 Å². The topological polar surface area (TPSA) is 39.4 Å². The number of hydrogen-bond acceptors (Lipinski definition) is 3. The number of halogens is 2. The summed E-state index contributed by atoms with van der Waals surface area (Å²) in [6.07, 6.45) is 8.04. The van der Waals surface area contributed by atoms with E-state index in [2.05, 4.69) is 97.0 Å². The van der Waals surface area contributed by atoms with E-state index in [1.54, 1.807) is 12.4 Å². The van der Waals surface area contributed by atoms with Gasteiger partial charge in [0.1, 0.15) is 12.4 Å². The maximum atomic E-state index is 9.55. The molecule has 4 rings (SSSR count). The Bertz CT molecular complexity index is 965. The Balaban J connectivity index is 0.00000120. The molecule has 2 aromatic carbocycles. The van der Waals surface area contributed by atoms with Gasteiger partial charge in [-0.05, 0) is 35.2 Å². The van der Waals surface area contributed by atoms with Gasteiger partial charge in [-0.1, -0.05) is 93.4 Å². The molecule has 36 heavy (non-hydrogen) atoms. The molecule has 0 unspecified atom stereocenters. The fraction of sp³-hybridized carbons (Fsp3) is 0.379. The van der Waals surface area contributed by atoms with Gasteiger partial charge in [0.25, 0.3) is 0 Å². The number of hydrogen-bond donors (Lipinski definition) is 1. The summed E-state index contributed by atoms with van der Waals surface area (Å²) in [5.41, 5.74) is 5.38. The van der Waals surface area contributed by atoms with Gasteiger partial charge in [-0.2, -0.15) is 0 Å². The van der Waals surface area contributed by atoms with Crippen LogP contribution in [0.3, 0.4) is 0 Å². The predicted octanol–water partition coefficient (Wildman–Crippen LogP) is -0.511. The van der Waals surface area contributed by atoms with Crippen LogP contribution in [0.4, 0.5) is 5.69 Å². The van der Waals surface area contributed by atoms with Crippen molar-refractivity contribution in [1.29, 1.82) is 0 Å². The number of pyridine rings is 1. The molecule has 4 nitrogen and oxygen atoms in total. The van der Waals surface area contributed by atoms with Gasteiger partial charge in [-0.25, -0.2) is 0 Å². The fourth-order valence-electron chi connectivity index (χ4n) is 4.27. The molecule has 1 N–H and O–H groups in total. The van der Waals surface area contributed by atoms with Crippen molar-refractivity contribution in [2.45, 2.75) is 52.0 Å². The Morgan fingerprint density at radius 3 is 1.89 bits per heavy atom. The second-order valence-electron chi connectivity index (χ2n) is 9.09. The summed E-state index contributed by atoms with van der Waals surface area (Å²) < 4.78 is 2.30. The van der Waals surface area contributed by atoms with Crippen molar-refractivity contribution in [3.05, 3.63) is 95.8 Å². The van der Waals surface area contributed by atoms with Crippen molar-refractivity contribution in [3.8, 4) is 0 Å². The molecule has 3 aromatic rings. The molecule has 0 amide bonds. The first-order valence-electron chi connectivity index (χ1n) is 11.9. The Morgan fingerprint density at radius 1 is 0.889 bits per heavy atom. The largest absolute Gasteiger partial charge is 2.00 e. The zero-order valence-electron chi connectivity index (χ0n) is 21.4. The quantitative estimate of drug-likeness (QED) is 0.204. The molecule has 1 atom stereocenters.